The van der Waals surface area contributed by atoms with Gasteiger partial charge < -0.3 is 5.32 Å². The van der Waals surface area contributed by atoms with E-state index in [0.717, 1.165) is 19.3 Å². The molecule has 0 aromatic heterocycles. The fourth-order valence-corrected chi connectivity index (χ4v) is 1.29. The van der Waals surface area contributed by atoms with Crippen LogP contribution in [-0.4, -0.2) is 18.9 Å². The van der Waals surface area contributed by atoms with Gasteiger partial charge in [-0.25, -0.2) is 0 Å². The minimum Gasteiger partial charge on any atom is -0.311 e. The number of nitrogens with one attached hydrogen (secondary N) is 1. The Bertz CT molecular complexity index is 123. The lowest BCUT2D eigenvalue weighted by Crippen LogP contribution is -2.36. The molecule has 1 aliphatic rings. The first kappa shape index (κ1) is 10.4. The Kier molecular flexibility index (Phi) is 5.75. The fraction of sp³-hybridized carbons (Fsp3) is 0.667. The number of ketones is 1. The largest absolute Gasteiger partial charge is 0.311 e. The summed E-state index contributed by atoms with van der Waals surface area (Å²) >= 11 is 0. The SMILES string of the molecule is C=C.CNC1CCCCC1=O. The highest BCUT2D eigenvalue weighted by molar-refractivity contribution is 5.84. The normalized spacial score (nSPS) is 23.7. The molecule has 1 saturated carbocycles. The van der Waals surface area contributed by atoms with Crippen molar-refractivity contribution in [2.45, 2.75) is 31.7 Å². The fourth-order valence-electron chi connectivity index (χ4n) is 1.29. The highest BCUT2D eigenvalue weighted by atomic mass is 16.1. The molecule has 0 aliphatic heterocycles. The summed E-state index contributed by atoms with van der Waals surface area (Å²) in [6.45, 7) is 6.00. The van der Waals surface area contributed by atoms with Crippen molar-refractivity contribution in [3.8, 4) is 0 Å². The van der Waals surface area contributed by atoms with Crippen molar-refractivity contribution in [2.75, 3.05) is 7.05 Å². The maximum absolute atomic E-state index is 11.0. The van der Waals surface area contributed by atoms with Crippen molar-refractivity contribution in [3.05, 3.63) is 13.2 Å². The van der Waals surface area contributed by atoms with E-state index in [9.17, 15) is 4.79 Å². The average molecular weight is 155 g/mol. The maximum Gasteiger partial charge on any atom is 0.149 e. The van der Waals surface area contributed by atoms with Crippen LogP contribution in [0.4, 0.5) is 0 Å². The summed E-state index contributed by atoms with van der Waals surface area (Å²) in [6.07, 6.45) is 4.12. The lowest BCUT2D eigenvalue weighted by atomic mass is 9.94. The van der Waals surface area contributed by atoms with Crippen LogP contribution >= 0.6 is 0 Å². The van der Waals surface area contributed by atoms with Crippen LogP contribution in [0.25, 0.3) is 0 Å². The molecule has 0 aromatic carbocycles. The van der Waals surface area contributed by atoms with Crippen LogP contribution in [-0.2, 0) is 4.79 Å². The summed E-state index contributed by atoms with van der Waals surface area (Å²) in [4.78, 5) is 11.0. The first-order valence-electron chi connectivity index (χ1n) is 4.04. The van der Waals surface area contributed by atoms with E-state index in [1.54, 1.807) is 0 Å². The second-order valence-corrected chi connectivity index (χ2v) is 2.55. The van der Waals surface area contributed by atoms with Crippen LogP contribution in [0.1, 0.15) is 25.7 Å². The van der Waals surface area contributed by atoms with Gasteiger partial charge in [-0.1, -0.05) is 6.42 Å². The molecule has 1 unspecified atom stereocenters. The Hall–Kier alpha value is -0.630. The number of carbonyl (C=O) groups is 1. The second-order valence-electron chi connectivity index (χ2n) is 2.55. The van der Waals surface area contributed by atoms with E-state index in [4.69, 9.17) is 0 Å². The van der Waals surface area contributed by atoms with E-state index in [0.29, 0.717) is 5.78 Å². The van der Waals surface area contributed by atoms with Crippen molar-refractivity contribution in [1.82, 2.24) is 5.32 Å². The number of likely N-dealkylation sites (N-methyl/N-ethyl adjacent to an activating group) is 1. The minimum absolute atomic E-state index is 0.166. The molecule has 0 radical (unpaired) electrons. The van der Waals surface area contributed by atoms with E-state index >= 15 is 0 Å². The van der Waals surface area contributed by atoms with Crippen LogP contribution in [0.2, 0.25) is 0 Å². The van der Waals surface area contributed by atoms with Gasteiger partial charge in [-0.2, -0.15) is 0 Å². The number of hydrogen-bond donors (Lipinski definition) is 1. The summed E-state index contributed by atoms with van der Waals surface area (Å²) in [7, 11) is 1.86. The van der Waals surface area contributed by atoms with Crippen molar-refractivity contribution < 1.29 is 4.79 Å². The Morgan fingerprint density at radius 2 is 2.09 bits per heavy atom. The van der Waals surface area contributed by atoms with Gasteiger partial charge in [0.1, 0.15) is 5.78 Å². The quantitative estimate of drug-likeness (QED) is 0.582. The molecule has 2 nitrogen and oxygen atoms in total. The van der Waals surface area contributed by atoms with E-state index < -0.39 is 0 Å². The van der Waals surface area contributed by atoms with Crippen LogP contribution < -0.4 is 5.32 Å². The second kappa shape index (κ2) is 6.10. The van der Waals surface area contributed by atoms with Gasteiger partial charge in [0.05, 0.1) is 6.04 Å². The van der Waals surface area contributed by atoms with E-state index in [1.165, 1.54) is 6.42 Å². The average Bonchev–Trinajstić information content (AvgIpc) is 2.09. The lowest BCUT2D eigenvalue weighted by Gasteiger charge is -2.18. The molecular weight excluding hydrogens is 138 g/mol. The molecule has 0 aromatic rings. The summed E-state index contributed by atoms with van der Waals surface area (Å²) < 4.78 is 0. The Labute approximate surface area is 68.7 Å². The van der Waals surface area contributed by atoms with Gasteiger partial charge in [-0.3, -0.25) is 4.79 Å². The first-order valence-corrected chi connectivity index (χ1v) is 4.04. The molecule has 1 aliphatic carbocycles. The van der Waals surface area contributed by atoms with Gasteiger partial charge in [-0.15, -0.1) is 13.2 Å². The molecule has 0 bridgehead atoms. The first-order chi connectivity index (χ1) is 5.34. The van der Waals surface area contributed by atoms with Crippen LogP contribution in [0.15, 0.2) is 13.2 Å². The summed E-state index contributed by atoms with van der Waals surface area (Å²) in [5.74, 6) is 0.392. The smallest absolute Gasteiger partial charge is 0.149 e. The molecule has 1 N–H and O–H groups in total. The molecule has 2 heteroatoms. The van der Waals surface area contributed by atoms with Crippen LogP contribution in [0.5, 0.6) is 0 Å². The Morgan fingerprint density at radius 1 is 1.45 bits per heavy atom. The highest BCUT2D eigenvalue weighted by Gasteiger charge is 2.19. The number of hydrogen-bond acceptors (Lipinski definition) is 2. The molecule has 64 valence electrons. The molecule has 1 fully saturated rings. The Morgan fingerprint density at radius 3 is 2.45 bits per heavy atom. The maximum atomic E-state index is 11.0. The summed E-state index contributed by atoms with van der Waals surface area (Å²) in [6, 6.07) is 0.166. The summed E-state index contributed by atoms with van der Waals surface area (Å²) in [5.41, 5.74) is 0. The third-order valence-electron chi connectivity index (χ3n) is 1.90. The van der Waals surface area contributed by atoms with Crippen molar-refractivity contribution in [1.29, 1.82) is 0 Å². The molecular formula is C9H17NO. The van der Waals surface area contributed by atoms with Crippen molar-refractivity contribution in [2.24, 2.45) is 0 Å². The van der Waals surface area contributed by atoms with Gasteiger partial charge in [0.15, 0.2) is 0 Å². The number of Topliss-reactive ketones (excluding diaryl/α,β-unsaturated/α-hetero) is 1. The topological polar surface area (TPSA) is 29.1 Å². The van der Waals surface area contributed by atoms with Crippen LogP contribution in [0, 0.1) is 0 Å². The third-order valence-corrected chi connectivity index (χ3v) is 1.90. The lowest BCUT2D eigenvalue weighted by molar-refractivity contribution is -0.122. The van der Waals surface area contributed by atoms with Gasteiger partial charge in [-0.05, 0) is 19.9 Å². The van der Waals surface area contributed by atoms with E-state index in [1.807, 2.05) is 7.05 Å². The van der Waals surface area contributed by atoms with E-state index in [2.05, 4.69) is 18.5 Å². The predicted octanol–water partition coefficient (Wildman–Crippen LogP) is 1.52. The number of carbonyl (C=O) groups excluding carboxylic acids is 1. The summed E-state index contributed by atoms with van der Waals surface area (Å²) in [5, 5.41) is 3.00. The molecule has 0 amide bonds. The van der Waals surface area contributed by atoms with Gasteiger partial charge in [0, 0.05) is 6.42 Å². The molecule has 1 rings (SSSR count). The highest BCUT2D eigenvalue weighted by Crippen LogP contribution is 2.13. The zero-order chi connectivity index (χ0) is 8.69. The van der Waals surface area contributed by atoms with Gasteiger partial charge in [0.2, 0.25) is 0 Å². The van der Waals surface area contributed by atoms with Crippen LogP contribution in [0.3, 0.4) is 0 Å². The zero-order valence-electron chi connectivity index (χ0n) is 7.23. The third kappa shape index (κ3) is 3.33. The molecule has 0 spiro atoms. The van der Waals surface area contributed by atoms with Gasteiger partial charge in [0.25, 0.3) is 0 Å². The molecule has 1 atom stereocenters. The molecule has 11 heavy (non-hydrogen) atoms. The minimum atomic E-state index is 0.166. The molecule has 0 heterocycles. The Balaban J connectivity index is 0.000000461. The number of rotatable bonds is 1. The van der Waals surface area contributed by atoms with Gasteiger partial charge >= 0.3 is 0 Å². The molecule has 0 saturated heterocycles. The predicted molar refractivity (Wildman–Crippen MR) is 47.6 cm³/mol. The standard InChI is InChI=1S/C7H13NO.C2H4/c1-8-6-4-2-3-5-7(6)9;1-2/h6,8H,2-5H2,1H3;1-2H2. The van der Waals surface area contributed by atoms with E-state index in [-0.39, 0.29) is 6.04 Å². The van der Waals surface area contributed by atoms with Crippen molar-refractivity contribution in [3.63, 3.8) is 0 Å². The monoisotopic (exact) mass is 155 g/mol. The zero-order valence-corrected chi connectivity index (χ0v) is 7.23. The van der Waals surface area contributed by atoms with Crippen molar-refractivity contribution >= 4 is 5.78 Å².